The largest absolute Gasteiger partial charge is 0.493 e. The molecule has 0 bridgehead atoms. The van der Waals surface area contributed by atoms with Gasteiger partial charge in [-0.1, -0.05) is 12.1 Å². The number of aryl methyl sites for hydroxylation is 2. The Labute approximate surface area is 217 Å². The molecule has 1 atom stereocenters. The molecule has 0 unspecified atom stereocenters. The number of aromatic nitrogens is 3. The quantitative estimate of drug-likeness (QED) is 0.429. The van der Waals surface area contributed by atoms with Crippen molar-refractivity contribution in [1.82, 2.24) is 25.0 Å². The van der Waals surface area contributed by atoms with Crippen LogP contribution in [0.5, 0.6) is 11.5 Å². The van der Waals surface area contributed by atoms with Crippen LogP contribution in [0.3, 0.4) is 0 Å². The summed E-state index contributed by atoms with van der Waals surface area (Å²) in [6.07, 6.45) is 7.01. The molecule has 1 N–H and O–H groups in total. The van der Waals surface area contributed by atoms with Gasteiger partial charge >= 0.3 is 0 Å². The second-order valence-corrected chi connectivity index (χ2v) is 9.20. The number of nitrogens with one attached hydrogen (secondary N) is 1. The maximum atomic E-state index is 13.4. The SMILES string of the molecule is COc1cc(CN(C(=O)CCn2ccc(C)n2)[C@H]2CCCCNC2=O)ccc1OCCc1ccccn1. The molecule has 9 nitrogen and oxygen atoms in total. The monoisotopic (exact) mass is 505 g/mol. The number of nitrogens with zero attached hydrogens (tertiary/aromatic N) is 4. The van der Waals surface area contributed by atoms with E-state index >= 15 is 0 Å². The summed E-state index contributed by atoms with van der Waals surface area (Å²) in [6, 6.07) is 12.9. The van der Waals surface area contributed by atoms with Gasteiger partial charge in [-0.25, -0.2) is 0 Å². The minimum Gasteiger partial charge on any atom is -0.493 e. The number of methoxy groups -OCH3 is 1. The number of carbonyl (C=O) groups excluding carboxylic acids is 2. The molecule has 37 heavy (non-hydrogen) atoms. The first-order valence-electron chi connectivity index (χ1n) is 12.8. The van der Waals surface area contributed by atoms with Gasteiger partial charge in [0.2, 0.25) is 11.8 Å². The van der Waals surface area contributed by atoms with Crippen molar-refractivity contribution in [2.75, 3.05) is 20.3 Å². The van der Waals surface area contributed by atoms with Gasteiger partial charge in [-0.2, -0.15) is 5.10 Å². The Kier molecular flexibility index (Phi) is 9.13. The van der Waals surface area contributed by atoms with Crippen molar-refractivity contribution in [1.29, 1.82) is 0 Å². The lowest BCUT2D eigenvalue weighted by Crippen LogP contribution is -2.48. The second kappa shape index (κ2) is 12.9. The van der Waals surface area contributed by atoms with Crippen molar-refractivity contribution in [3.63, 3.8) is 0 Å². The minimum absolute atomic E-state index is 0.0788. The van der Waals surface area contributed by atoms with E-state index in [1.165, 1.54) is 0 Å². The summed E-state index contributed by atoms with van der Waals surface area (Å²) in [5.74, 6) is 1.04. The molecule has 1 fully saturated rings. The molecule has 0 spiro atoms. The zero-order chi connectivity index (χ0) is 26.0. The van der Waals surface area contributed by atoms with E-state index in [4.69, 9.17) is 9.47 Å². The topological polar surface area (TPSA) is 98.6 Å². The van der Waals surface area contributed by atoms with Crippen LogP contribution in [0.2, 0.25) is 0 Å². The summed E-state index contributed by atoms with van der Waals surface area (Å²) >= 11 is 0. The Balaban J connectivity index is 1.46. The highest BCUT2D eigenvalue weighted by atomic mass is 16.5. The summed E-state index contributed by atoms with van der Waals surface area (Å²) < 4.78 is 13.3. The first-order valence-corrected chi connectivity index (χ1v) is 12.8. The van der Waals surface area contributed by atoms with Crippen LogP contribution >= 0.6 is 0 Å². The van der Waals surface area contributed by atoms with Gasteiger partial charge in [-0.3, -0.25) is 19.3 Å². The van der Waals surface area contributed by atoms with E-state index in [9.17, 15) is 9.59 Å². The molecular weight excluding hydrogens is 470 g/mol. The fourth-order valence-electron chi connectivity index (χ4n) is 4.47. The van der Waals surface area contributed by atoms with Crippen LogP contribution in [-0.2, 0) is 29.1 Å². The average molecular weight is 506 g/mol. The van der Waals surface area contributed by atoms with Gasteiger partial charge in [0, 0.05) is 50.6 Å². The highest BCUT2D eigenvalue weighted by Crippen LogP contribution is 2.29. The maximum Gasteiger partial charge on any atom is 0.242 e. The number of ether oxygens (including phenoxy) is 2. The Morgan fingerprint density at radius 3 is 2.84 bits per heavy atom. The predicted octanol–water partition coefficient (Wildman–Crippen LogP) is 3.30. The van der Waals surface area contributed by atoms with Gasteiger partial charge in [0.15, 0.2) is 11.5 Å². The number of amides is 2. The molecule has 4 rings (SSSR count). The third-order valence-electron chi connectivity index (χ3n) is 6.45. The van der Waals surface area contributed by atoms with E-state index in [2.05, 4.69) is 15.4 Å². The fraction of sp³-hybridized carbons (Fsp3) is 0.429. The first kappa shape index (κ1) is 26.2. The van der Waals surface area contributed by atoms with E-state index in [1.54, 1.807) is 22.9 Å². The average Bonchev–Trinajstić information content (AvgIpc) is 3.22. The number of rotatable bonds is 11. The molecule has 1 aliphatic rings. The molecule has 2 amide bonds. The van der Waals surface area contributed by atoms with Gasteiger partial charge in [0.1, 0.15) is 6.04 Å². The van der Waals surface area contributed by atoms with Crippen molar-refractivity contribution in [2.45, 2.75) is 58.2 Å². The number of pyridine rings is 1. The first-order chi connectivity index (χ1) is 18.0. The molecular formula is C28H35N5O4. The molecule has 1 saturated heterocycles. The number of hydrogen-bond donors (Lipinski definition) is 1. The van der Waals surface area contributed by atoms with Gasteiger partial charge < -0.3 is 19.7 Å². The third-order valence-corrected chi connectivity index (χ3v) is 6.45. The predicted molar refractivity (Wildman–Crippen MR) is 139 cm³/mol. The minimum atomic E-state index is -0.505. The number of carbonyl (C=O) groups is 2. The molecule has 0 saturated carbocycles. The van der Waals surface area contributed by atoms with Crippen LogP contribution in [0.4, 0.5) is 0 Å². The Hall–Kier alpha value is -3.88. The summed E-state index contributed by atoms with van der Waals surface area (Å²) in [5.41, 5.74) is 2.73. The van der Waals surface area contributed by atoms with Crippen molar-refractivity contribution < 1.29 is 19.1 Å². The maximum absolute atomic E-state index is 13.4. The zero-order valence-electron chi connectivity index (χ0n) is 21.6. The zero-order valence-corrected chi connectivity index (χ0v) is 21.6. The van der Waals surface area contributed by atoms with Crippen LogP contribution in [-0.4, -0.2) is 57.8 Å². The van der Waals surface area contributed by atoms with E-state index in [1.807, 2.05) is 55.6 Å². The van der Waals surface area contributed by atoms with Crippen LogP contribution < -0.4 is 14.8 Å². The van der Waals surface area contributed by atoms with Gasteiger partial charge in [-0.05, 0) is 62.1 Å². The lowest BCUT2D eigenvalue weighted by molar-refractivity contribution is -0.141. The summed E-state index contributed by atoms with van der Waals surface area (Å²) in [5, 5.41) is 7.34. The highest BCUT2D eigenvalue weighted by Gasteiger charge is 2.31. The summed E-state index contributed by atoms with van der Waals surface area (Å²) in [6.45, 7) is 3.79. The van der Waals surface area contributed by atoms with Crippen molar-refractivity contribution in [2.24, 2.45) is 0 Å². The number of benzene rings is 1. The van der Waals surface area contributed by atoms with Crippen LogP contribution in [0.25, 0.3) is 0 Å². The Morgan fingerprint density at radius 2 is 2.08 bits per heavy atom. The normalized spacial score (nSPS) is 15.5. The second-order valence-electron chi connectivity index (χ2n) is 9.20. The standard InChI is InChI=1S/C28H35N5O4/c1-21-11-16-32(31-21)17-12-27(34)33(24-8-4-6-15-30-28(24)35)20-22-9-10-25(26(19-22)36-2)37-18-13-23-7-3-5-14-29-23/h3,5,7,9-11,14,16,19,24H,4,6,8,12-13,15,17-18,20H2,1-2H3,(H,30,35)/t24-/m0/s1. The molecule has 196 valence electrons. The van der Waals surface area contributed by atoms with Crippen LogP contribution in [0.15, 0.2) is 54.9 Å². The Bertz CT molecular complexity index is 1180. The third kappa shape index (κ3) is 7.31. The van der Waals surface area contributed by atoms with Crippen molar-refractivity contribution >= 4 is 11.8 Å². The Morgan fingerprint density at radius 1 is 1.19 bits per heavy atom. The summed E-state index contributed by atoms with van der Waals surface area (Å²) in [7, 11) is 1.60. The molecule has 9 heteroatoms. The van der Waals surface area contributed by atoms with Gasteiger partial charge in [-0.15, -0.1) is 0 Å². The van der Waals surface area contributed by atoms with E-state index < -0.39 is 6.04 Å². The fourth-order valence-corrected chi connectivity index (χ4v) is 4.47. The molecule has 2 aromatic heterocycles. The van der Waals surface area contributed by atoms with Gasteiger partial charge in [0.05, 0.1) is 19.4 Å². The molecule has 1 aliphatic heterocycles. The van der Waals surface area contributed by atoms with Crippen molar-refractivity contribution in [3.05, 3.63) is 71.8 Å². The number of hydrogen-bond acceptors (Lipinski definition) is 6. The van der Waals surface area contributed by atoms with Crippen LogP contribution in [0, 0.1) is 6.92 Å². The van der Waals surface area contributed by atoms with E-state index in [-0.39, 0.29) is 18.2 Å². The molecule has 0 radical (unpaired) electrons. The van der Waals surface area contributed by atoms with Gasteiger partial charge in [0.25, 0.3) is 0 Å². The summed E-state index contributed by atoms with van der Waals surface area (Å²) in [4.78, 5) is 32.3. The van der Waals surface area contributed by atoms with Crippen molar-refractivity contribution in [3.8, 4) is 11.5 Å². The van der Waals surface area contributed by atoms with E-state index in [0.29, 0.717) is 50.6 Å². The molecule has 0 aliphatic carbocycles. The highest BCUT2D eigenvalue weighted by molar-refractivity contribution is 5.87. The van der Waals surface area contributed by atoms with Crippen LogP contribution in [0.1, 0.15) is 42.6 Å². The lowest BCUT2D eigenvalue weighted by Gasteiger charge is -2.30. The smallest absolute Gasteiger partial charge is 0.242 e. The lowest BCUT2D eigenvalue weighted by atomic mass is 10.1. The molecule has 3 heterocycles. The molecule has 1 aromatic carbocycles. The molecule has 3 aromatic rings. The van der Waals surface area contributed by atoms with E-state index in [0.717, 1.165) is 29.8 Å².